The summed E-state index contributed by atoms with van der Waals surface area (Å²) in [4.78, 5) is 34.1. The topological polar surface area (TPSA) is 71.4 Å². The van der Waals surface area contributed by atoms with Gasteiger partial charge in [0.05, 0.1) is 17.1 Å². The molecule has 0 bridgehead atoms. The van der Waals surface area contributed by atoms with E-state index in [9.17, 15) is 9.59 Å². The Morgan fingerprint density at radius 2 is 1.82 bits per heavy atom. The fourth-order valence-corrected chi connectivity index (χ4v) is 6.13. The third kappa shape index (κ3) is 4.43. The zero-order valence-electron chi connectivity index (χ0n) is 19.6. The number of aliphatic imine (C=N–C) groups is 1. The fraction of sp³-hybridized carbons (Fsp3) is 0.560. The molecular weight excluding hydrogens is 438 g/mol. The number of ether oxygens (including phenoxy) is 2. The van der Waals surface area contributed by atoms with Gasteiger partial charge in [-0.05, 0) is 74.9 Å². The number of amides is 2. The van der Waals surface area contributed by atoms with E-state index in [1.54, 1.807) is 4.90 Å². The van der Waals surface area contributed by atoms with Crippen LogP contribution in [0.3, 0.4) is 0 Å². The summed E-state index contributed by atoms with van der Waals surface area (Å²) in [6, 6.07) is 8.50. The lowest BCUT2D eigenvalue weighted by atomic mass is 9.84. The number of fused-ring (bicyclic) bond motifs is 2. The highest BCUT2D eigenvalue weighted by molar-refractivity contribution is 8.18. The zero-order chi connectivity index (χ0) is 23.2. The van der Waals surface area contributed by atoms with E-state index < -0.39 is 5.60 Å². The summed E-state index contributed by atoms with van der Waals surface area (Å²) in [6.07, 6.45) is 2.88. The molecule has 33 heavy (non-hydrogen) atoms. The molecule has 1 spiro atoms. The molecule has 1 aromatic carbocycles. The average Bonchev–Trinajstić information content (AvgIpc) is 3.35. The SMILES string of the molecule is CC(C)(C)OC(=O)N1CCC(=C2SC(N3CCC4(CC3)OCc3ccccc34)=NC2=O)CC1. The molecule has 2 saturated heterocycles. The molecule has 8 heteroatoms. The minimum Gasteiger partial charge on any atom is -0.444 e. The van der Waals surface area contributed by atoms with Gasteiger partial charge in [-0.25, -0.2) is 4.79 Å². The molecule has 2 amide bonds. The maximum Gasteiger partial charge on any atom is 0.410 e. The molecule has 0 aliphatic carbocycles. The summed E-state index contributed by atoms with van der Waals surface area (Å²) in [6.45, 7) is 9.07. The van der Waals surface area contributed by atoms with E-state index in [1.807, 2.05) is 20.8 Å². The molecule has 0 unspecified atom stereocenters. The van der Waals surface area contributed by atoms with Crippen LogP contribution < -0.4 is 0 Å². The average molecular weight is 470 g/mol. The van der Waals surface area contributed by atoms with Gasteiger partial charge < -0.3 is 19.3 Å². The van der Waals surface area contributed by atoms with Crippen LogP contribution in [0.4, 0.5) is 4.79 Å². The predicted octanol–water partition coefficient (Wildman–Crippen LogP) is 4.42. The van der Waals surface area contributed by atoms with Crippen LogP contribution in [0.15, 0.2) is 39.7 Å². The minimum atomic E-state index is -0.505. The molecule has 0 N–H and O–H groups in total. The first-order chi connectivity index (χ1) is 15.7. The van der Waals surface area contributed by atoms with Gasteiger partial charge in [0, 0.05) is 26.2 Å². The predicted molar refractivity (Wildman–Crippen MR) is 128 cm³/mol. The number of hydrogen-bond donors (Lipinski definition) is 0. The molecule has 4 heterocycles. The van der Waals surface area contributed by atoms with Crippen molar-refractivity contribution in [3.63, 3.8) is 0 Å². The van der Waals surface area contributed by atoms with Gasteiger partial charge in [0.25, 0.3) is 5.91 Å². The molecule has 0 radical (unpaired) electrons. The number of nitrogens with zero attached hydrogens (tertiary/aromatic N) is 3. The fourth-order valence-electron chi connectivity index (χ4n) is 5.02. The Balaban J connectivity index is 1.19. The van der Waals surface area contributed by atoms with Gasteiger partial charge in [0.15, 0.2) is 5.17 Å². The Kier molecular flexibility index (Phi) is 5.77. The first-order valence-electron chi connectivity index (χ1n) is 11.7. The van der Waals surface area contributed by atoms with Gasteiger partial charge in [0.1, 0.15) is 5.60 Å². The maximum atomic E-state index is 12.7. The van der Waals surface area contributed by atoms with Gasteiger partial charge in [-0.3, -0.25) is 4.79 Å². The number of thioether (sulfide) groups is 1. The van der Waals surface area contributed by atoms with E-state index >= 15 is 0 Å². The Morgan fingerprint density at radius 3 is 2.52 bits per heavy atom. The summed E-state index contributed by atoms with van der Waals surface area (Å²) >= 11 is 1.50. The summed E-state index contributed by atoms with van der Waals surface area (Å²) in [5.74, 6) is -0.140. The zero-order valence-corrected chi connectivity index (χ0v) is 20.4. The third-order valence-electron chi connectivity index (χ3n) is 6.78. The molecule has 0 saturated carbocycles. The van der Waals surface area contributed by atoms with Gasteiger partial charge in [-0.15, -0.1) is 0 Å². The van der Waals surface area contributed by atoms with Crippen molar-refractivity contribution in [1.82, 2.24) is 9.80 Å². The van der Waals surface area contributed by atoms with Crippen molar-refractivity contribution < 1.29 is 19.1 Å². The van der Waals surface area contributed by atoms with Gasteiger partial charge in [-0.2, -0.15) is 4.99 Å². The van der Waals surface area contributed by atoms with E-state index in [4.69, 9.17) is 9.47 Å². The van der Waals surface area contributed by atoms with Crippen LogP contribution in [-0.2, 0) is 26.5 Å². The van der Waals surface area contributed by atoms with Gasteiger partial charge in [-0.1, -0.05) is 24.3 Å². The van der Waals surface area contributed by atoms with Crippen LogP contribution >= 0.6 is 11.8 Å². The largest absolute Gasteiger partial charge is 0.444 e. The van der Waals surface area contributed by atoms with Crippen LogP contribution in [0, 0.1) is 0 Å². The summed E-state index contributed by atoms with van der Waals surface area (Å²) in [5, 5.41) is 0.804. The van der Waals surface area contributed by atoms with Crippen LogP contribution in [0.2, 0.25) is 0 Å². The Morgan fingerprint density at radius 1 is 1.12 bits per heavy atom. The van der Waals surface area contributed by atoms with Crippen LogP contribution in [-0.4, -0.2) is 58.7 Å². The third-order valence-corrected chi connectivity index (χ3v) is 7.98. The summed E-state index contributed by atoms with van der Waals surface area (Å²) in [5.41, 5.74) is 3.01. The van der Waals surface area contributed by atoms with E-state index in [-0.39, 0.29) is 17.6 Å². The van der Waals surface area contributed by atoms with Crippen molar-refractivity contribution >= 4 is 28.9 Å². The summed E-state index contributed by atoms with van der Waals surface area (Å²) < 4.78 is 11.7. The highest BCUT2D eigenvalue weighted by atomic mass is 32.2. The summed E-state index contributed by atoms with van der Waals surface area (Å²) in [7, 11) is 0. The van der Waals surface area contributed by atoms with Crippen molar-refractivity contribution in [2.45, 2.75) is 64.3 Å². The van der Waals surface area contributed by atoms with Gasteiger partial charge in [0.2, 0.25) is 0 Å². The van der Waals surface area contributed by atoms with E-state index in [1.165, 1.54) is 22.9 Å². The van der Waals surface area contributed by atoms with Crippen LogP contribution in [0.25, 0.3) is 0 Å². The second-order valence-electron chi connectivity index (χ2n) is 10.1. The van der Waals surface area contributed by atoms with E-state index in [0.29, 0.717) is 32.5 Å². The lowest BCUT2D eigenvalue weighted by molar-refractivity contribution is -0.113. The molecular formula is C25H31N3O4S. The van der Waals surface area contributed by atoms with E-state index in [2.05, 4.69) is 34.2 Å². The lowest BCUT2D eigenvalue weighted by Gasteiger charge is -2.39. The first kappa shape index (κ1) is 22.5. The van der Waals surface area contributed by atoms with Crippen molar-refractivity contribution in [1.29, 1.82) is 0 Å². The molecule has 2 fully saturated rings. The normalized spacial score (nSPS) is 22.6. The molecule has 4 aliphatic heterocycles. The molecule has 5 rings (SSSR count). The van der Waals surface area contributed by atoms with Gasteiger partial charge >= 0.3 is 6.09 Å². The standard InChI is InChI=1S/C25H31N3O4S/c1-24(2,3)32-23(30)28-12-8-17(9-13-28)20-21(29)26-22(33-20)27-14-10-25(11-15-27)19-7-5-4-6-18(19)16-31-25/h4-7H,8-16H2,1-3H3. The highest BCUT2D eigenvalue weighted by Crippen LogP contribution is 2.45. The molecule has 4 aliphatic rings. The van der Waals surface area contributed by atoms with Crippen LogP contribution in [0.1, 0.15) is 57.6 Å². The van der Waals surface area contributed by atoms with Crippen molar-refractivity contribution in [2.75, 3.05) is 26.2 Å². The number of amidine groups is 1. The second-order valence-corrected chi connectivity index (χ2v) is 11.1. The number of likely N-dealkylation sites (tertiary alicyclic amines) is 2. The quantitative estimate of drug-likeness (QED) is 0.524. The van der Waals surface area contributed by atoms with E-state index in [0.717, 1.165) is 41.6 Å². The molecule has 176 valence electrons. The first-order valence-corrected chi connectivity index (χ1v) is 12.5. The van der Waals surface area contributed by atoms with Crippen molar-refractivity contribution in [3.8, 4) is 0 Å². The monoisotopic (exact) mass is 469 g/mol. The molecule has 7 nitrogen and oxygen atoms in total. The number of carbonyl (C=O) groups is 2. The number of benzene rings is 1. The highest BCUT2D eigenvalue weighted by Gasteiger charge is 2.44. The second kappa shape index (κ2) is 8.47. The lowest BCUT2D eigenvalue weighted by Crippen LogP contribution is -2.44. The van der Waals surface area contributed by atoms with Crippen molar-refractivity contribution in [3.05, 3.63) is 45.9 Å². The van der Waals surface area contributed by atoms with Crippen molar-refractivity contribution in [2.24, 2.45) is 4.99 Å². The molecule has 1 aromatic rings. The Labute approximate surface area is 199 Å². The number of rotatable bonds is 0. The minimum absolute atomic E-state index is 0.140. The number of piperidine rings is 2. The Hall–Kier alpha value is -2.32. The maximum absolute atomic E-state index is 12.7. The smallest absolute Gasteiger partial charge is 0.410 e. The molecule has 0 atom stereocenters. The van der Waals surface area contributed by atoms with Crippen LogP contribution in [0.5, 0.6) is 0 Å². The molecule has 0 aromatic heterocycles. The number of hydrogen-bond acceptors (Lipinski definition) is 6. The number of carbonyl (C=O) groups excluding carboxylic acids is 2. The Bertz CT molecular complexity index is 1020.